The Bertz CT molecular complexity index is 899. The Morgan fingerprint density at radius 3 is 2.38 bits per heavy atom. The van der Waals surface area contributed by atoms with Crippen molar-refractivity contribution in [3.8, 4) is 5.75 Å². The maximum Gasteiger partial charge on any atom is 0.339 e. The second-order valence-corrected chi connectivity index (χ2v) is 6.53. The number of hydrogen-bond donors (Lipinski definition) is 2. The number of esters is 1. The average Bonchev–Trinajstić information content (AvgIpc) is 2.65. The van der Waals surface area contributed by atoms with E-state index >= 15 is 0 Å². The van der Waals surface area contributed by atoms with E-state index < -0.39 is 34.3 Å². The molecule has 0 aliphatic rings. The van der Waals surface area contributed by atoms with Crippen LogP contribution >= 0.6 is 0 Å². The minimum Gasteiger partial charge on any atom is -0.484 e. The molecule has 2 aromatic carbocycles. The summed E-state index contributed by atoms with van der Waals surface area (Å²) >= 11 is 0. The minimum atomic E-state index is -4.22. The monoisotopic (exact) mass is 382 g/mol. The smallest absolute Gasteiger partial charge is 0.339 e. The van der Waals surface area contributed by atoms with Gasteiger partial charge in [-0.25, -0.2) is 17.6 Å². The first-order valence-electron chi connectivity index (χ1n) is 7.20. The number of nitrogens with one attached hydrogen (secondary N) is 2. The molecule has 138 valence electrons. The van der Waals surface area contributed by atoms with Crippen LogP contribution in [-0.2, 0) is 19.6 Å². The highest BCUT2D eigenvalue weighted by Crippen LogP contribution is 2.15. The lowest BCUT2D eigenvalue weighted by Crippen LogP contribution is -2.44. The Labute approximate surface area is 148 Å². The van der Waals surface area contributed by atoms with Crippen LogP contribution in [0, 0.1) is 5.82 Å². The molecule has 2 rings (SSSR count). The van der Waals surface area contributed by atoms with Gasteiger partial charge in [-0.05, 0) is 36.4 Å². The van der Waals surface area contributed by atoms with Gasteiger partial charge in [0.1, 0.15) is 11.6 Å². The van der Waals surface area contributed by atoms with Crippen molar-refractivity contribution >= 4 is 21.9 Å². The van der Waals surface area contributed by atoms with Gasteiger partial charge in [0.25, 0.3) is 15.9 Å². The number of amides is 1. The molecule has 0 fully saturated rings. The Morgan fingerprint density at radius 2 is 1.73 bits per heavy atom. The molecule has 0 saturated heterocycles. The maximum absolute atomic E-state index is 12.8. The first-order chi connectivity index (χ1) is 12.3. The summed E-state index contributed by atoms with van der Waals surface area (Å²) in [7, 11) is -3.10. The van der Waals surface area contributed by atoms with Crippen molar-refractivity contribution in [2.24, 2.45) is 0 Å². The zero-order chi connectivity index (χ0) is 19.2. The first kappa shape index (κ1) is 19.3. The summed E-state index contributed by atoms with van der Waals surface area (Å²) in [5, 5.41) is 0. The summed E-state index contributed by atoms with van der Waals surface area (Å²) in [6.45, 7) is -0.507. The second-order valence-electron chi connectivity index (χ2n) is 4.88. The van der Waals surface area contributed by atoms with Crippen LogP contribution in [0.4, 0.5) is 4.39 Å². The molecule has 0 saturated carbocycles. The van der Waals surface area contributed by atoms with Gasteiger partial charge >= 0.3 is 5.97 Å². The molecular weight excluding hydrogens is 367 g/mol. The molecule has 8 nitrogen and oxygen atoms in total. The molecule has 0 aromatic heterocycles. The van der Waals surface area contributed by atoms with E-state index in [1.54, 1.807) is 0 Å². The highest BCUT2D eigenvalue weighted by molar-refractivity contribution is 7.89. The summed E-state index contributed by atoms with van der Waals surface area (Å²) in [6.07, 6.45) is 0. The van der Waals surface area contributed by atoms with Crippen molar-refractivity contribution in [1.82, 2.24) is 10.3 Å². The number of carbonyl (C=O) groups excluding carboxylic acids is 2. The van der Waals surface area contributed by atoms with Gasteiger partial charge < -0.3 is 9.47 Å². The number of ether oxygens (including phenoxy) is 2. The number of methoxy groups -OCH3 is 1. The normalized spacial score (nSPS) is 10.8. The summed E-state index contributed by atoms with van der Waals surface area (Å²) in [5.41, 5.74) is 1.78. The largest absolute Gasteiger partial charge is 0.484 e. The van der Waals surface area contributed by atoms with Crippen molar-refractivity contribution in [3.63, 3.8) is 0 Å². The van der Waals surface area contributed by atoms with Gasteiger partial charge in [0.05, 0.1) is 17.6 Å². The lowest BCUT2D eigenvalue weighted by atomic mass is 10.2. The molecule has 1 amide bonds. The summed E-state index contributed by atoms with van der Waals surface area (Å²) in [5.74, 6) is -1.86. The van der Waals surface area contributed by atoms with E-state index in [0.29, 0.717) is 0 Å². The quantitative estimate of drug-likeness (QED) is 0.546. The first-order valence-corrected chi connectivity index (χ1v) is 8.68. The van der Waals surface area contributed by atoms with Crippen molar-refractivity contribution in [3.05, 3.63) is 59.9 Å². The van der Waals surface area contributed by atoms with Gasteiger partial charge in [0, 0.05) is 0 Å². The molecule has 2 N–H and O–H groups in total. The fourth-order valence-electron chi connectivity index (χ4n) is 1.87. The molecular formula is C16H15FN2O6S. The van der Waals surface area contributed by atoms with Crippen LogP contribution < -0.4 is 15.0 Å². The maximum atomic E-state index is 12.8. The molecule has 0 spiro atoms. The lowest BCUT2D eigenvalue weighted by Gasteiger charge is -2.11. The van der Waals surface area contributed by atoms with Crippen molar-refractivity contribution < 1.29 is 31.9 Å². The zero-order valence-corrected chi connectivity index (χ0v) is 14.4. The highest BCUT2D eigenvalue weighted by atomic mass is 32.2. The molecule has 2 aromatic rings. The number of halogens is 1. The Balaban J connectivity index is 1.98. The van der Waals surface area contributed by atoms with Gasteiger partial charge in [-0.3, -0.25) is 10.2 Å². The summed E-state index contributed by atoms with van der Waals surface area (Å²) < 4.78 is 46.9. The van der Waals surface area contributed by atoms with E-state index in [1.807, 2.05) is 10.3 Å². The van der Waals surface area contributed by atoms with E-state index in [9.17, 15) is 22.4 Å². The minimum absolute atomic E-state index is 0.181. The van der Waals surface area contributed by atoms with Crippen LogP contribution in [0.25, 0.3) is 0 Å². The van der Waals surface area contributed by atoms with Crippen LogP contribution in [0.3, 0.4) is 0 Å². The summed E-state index contributed by atoms with van der Waals surface area (Å²) in [4.78, 5) is 24.9. The van der Waals surface area contributed by atoms with E-state index in [0.717, 1.165) is 19.2 Å². The third-order valence-electron chi connectivity index (χ3n) is 3.09. The Kier molecular flexibility index (Phi) is 6.26. The second kappa shape index (κ2) is 8.41. The number of hydrogen-bond acceptors (Lipinski definition) is 6. The number of benzene rings is 2. The predicted molar refractivity (Wildman–Crippen MR) is 88.1 cm³/mol. The van der Waals surface area contributed by atoms with Crippen molar-refractivity contribution in [2.75, 3.05) is 13.7 Å². The van der Waals surface area contributed by atoms with Gasteiger partial charge in [0.15, 0.2) is 6.61 Å². The van der Waals surface area contributed by atoms with Gasteiger partial charge in [-0.15, -0.1) is 4.83 Å². The van der Waals surface area contributed by atoms with Gasteiger partial charge in [0.2, 0.25) is 0 Å². The number of carbonyl (C=O) groups is 2. The van der Waals surface area contributed by atoms with E-state index in [4.69, 9.17) is 4.74 Å². The molecule has 10 heteroatoms. The highest BCUT2D eigenvalue weighted by Gasteiger charge is 2.23. The molecule has 0 aliphatic carbocycles. The summed E-state index contributed by atoms with van der Waals surface area (Å²) in [6, 6.07) is 10.3. The molecule has 0 aliphatic heterocycles. The molecule has 0 bridgehead atoms. The number of rotatable bonds is 7. The van der Waals surface area contributed by atoms with Crippen LogP contribution in [0.2, 0.25) is 0 Å². The Morgan fingerprint density at radius 1 is 1.08 bits per heavy atom. The molecule has 0 radical (unpaired) electrons. The number of hydrazine groups is 1. The van der Waals surface area contributed by atoms with Crippen LogP contribution in [0.5, 0.6) is 5.75 Å². The van der Waals surface area contributed by atoms with Gasteiger partial charge in [-0.2, -0.15) is 0 Å². The van der Waals surface area contributed by atoms with Crippen LogP contribution in [0.15, 0.2) is 53.4 Å². The molecule has 0 unspecified atom stereocenters. The molecule has 0 atom stereocenters. The number of sulfonamides is 1. The lowest BCUT2D eigenvalue weighted by molar-refractivity contribution is -0.123. The topological polar surface area (TPSA) is 111 Å². The molecule has 0 heterocycles. The van der Waals surface area contributed by atoms with Gasteiger partial charge in [-0.1, -0.05) is 12.1 Å². The van der Waals surface area contributed by atoms with E-state index in [2.05, 4.69) is 4.74 Å². The SMILES string of the molecule is COC(=O)c1ccccc1S(=O)(=O)NNC(=O)COc1ccc(F)cc1. The van der Waals surface area contributed by atoms with Crippen LogP contribution in [0.1, 0.15) is 10.4 Å². The fourth-order valence-corrected chi connectivity index (χ4v) is 2.93. The Hall–Kier alpha value is -2.98. The molecule has 26 heavy (non-hydrogen) atoms. The van der Waals surface area contributed by atoms with Crippen LogP contribution in [-0.4, -0.2) is 34.0 Å². The standard InChI is InChI=1S/C16H15FN2O6S/c1-24-16(21)13-4-2-3-5-14(13)26(22,23)19-18-15(20)10-25-12-8-6-11(17)7-9-12/h2-9,19H,10H2,1H3,(H,18,20). The van der Waals surface area contributed by atoms with E-state index in [1.165, 1.54) is 36.4 Å². The third-order valence-corrected chi connectivity index (χ3v) is 4.40. The van der Waals surface area contributed by atoms with E-state index in [-0.39, 0.29) is 16.2 Å². The average molecular weight is 382 g/mol. The van der Waals surface area contributed by atoms with Crippen molar-refractivity contribution in [1.29, 1.82) is 0 Å². The van der Waals surface area contributed by atoms with Crippen molar-refractivity contribution in [2.45, 2.75) is 4.90 Å². The third kappa shape index (κ3) is 5.01. The predicted octanol–water partition coefficient (Wildman–Crippen LogP) is 1.00. The zero-order valence-electron chi connectivity index (χ0n) is 13.6. The fraction of sp³-hybridized carbons (Fsp3) is 0.125.